The van der Waals surface area contributed by atoms with Crippen LogP contribution in [0.15, 0.2) is 146 Å². The molecule has 4 N–H and O–H groups in total. The summed E-state index contributed by atoms with van der Waals surface area (Å²) >= 11 is 56.4. The molecule has 2 heterocycles. The number of rotatable bonds is 23. The average molecular weight is 2140 g/mol. The van der Waals surface area contributed by atoms with Gasteiger partial charge in [-0.3, -0.25) is 33.6 Å². The summed E-state index contributed by atoms with van der Waals surface area (Å²) in [7, 11) is 0. The molecule has 18 nitrogen and oxygen atoms in total. The Labute approximate surface area is 758 Å². The van der Waals surface area contributed by atoms with Gasteiger partial charge in [0.05, 0.1) is 94.9 Å². The van der Waals surface area contributed by atoms with Gasteiger partial charge in [-0.25, -0.2) is 17.6 Å². The molecule has 0 amide bonds. The highest BCUT2D eigenvalue weighted by atomic mass is 128. The van der Waals surface area contributed by atoms with Crippen molar-refractivity contribution in [2.45, 2.75) is 126 Å². The Morgan fingerprint density at radius 1 is 0.419 bits per heavy atom. The molecule has 2 unspecified atom stereocenters. The van der Waals surface area contributed by atoms with Gasteiger partial charge in [0.25, 0.3) is 0 Å². The number of ether oxygens (including phenoxy) is 7. The number of benzene rings is 8. The number of carboxylic acids is 1. The molecular formula is C83H78Cl9F4I3O18. The molecule has 0 spiro atoms. The lowest BCUT2D eigenvalue weighted by molar-refractivity contribution is -0.167. The van der Waals surface area contributed by atoms with Crippen molar-refractivity contribution in [3.63, 3.8) is 0 Å². The van der Waals surface area contributed by atoms with Gasteiger partial charge in [0, 0.05) is 80.3 Å². The van der Waals surface area contributed by atoms with Gasteiger partial charge in [-0.05, 0) is 180 Å². The highest BCUT2D eigenvalue weighted by Gasteiger charge is 2.56. The van der Waals surface area contributed by atoms with Gasteiger partial charge >= 0.3 is 35.8 Å². The highest BCUT2D eigenvalue weighted by Crippen LogP contribution is 2.54. The van der Waals surface area contributed by atoms with Crippen molar-refractivity contribution in [3.05, 3.63) is 231 Å². The Hall–Kier alpha value is -5.43. The fraction of sp³-hybridized carbons (Fsp3) is 0.337. The van der Waals surface area contributed by atoms with Crippen molar-refractivity contribution in [3.8, 4) is 44.5 Å². The van der Waals surface area contributed by atoms with E-state index < -0.39 is 100 Å². The first kappa shape index (κ1) is 100. The highest BCUT2D eigenvalue weighted by molar-refractivity contribution is 15.0. The van der Waals surface area contributed by atoms with Crippen LogP contribution in [0.4, 0.5) is 17.6 Å². The molecule has 630 valence electrons. The quantitative estimate of drug-likeness (QED) is 0.0116. The van der Waals surface area contributed by atoms with Crippen molar-refractivity contribution in [1.82, 2.24) is 0 Å². The van der Waals surface area contributed by atoms with Crippen LogP contribution in [0, 0.1) is 23.3 Å². The SMILES string of the molecule is C.CC(=O)Cl.CC(=O)OCC(COC(C)=O)OC(=O)C1(c2ccc(-c3ccc(Cl)c(Cl)c3)c(F)c2)CC1.I.II.O=C(O)C1(c2ccc(-c3ccc(Cl)c(Cl)c3)c(F)c2)CC1.O=C(OC(CO)CO)C1(c2ccc(-c3ccc(Cl)c(Cl)c3)c(F)c2)CC1.O=C(OCC1CO1)C1(c2ccc(-c3ccc(Cl)c(Cl)c3)c(F)c2)CC1.OCC1CO1. The van der Waals surface area contributed by atoms with Gasteiger partial charge in [0.1, 0.15) is 61.4 Å². The number of aliphatic hydroxyl groups excluding tert-OH is 3. The van der Waals surface area contributed by atoms with Gasteiger partial charge in [0.2, 0.25) is 5.24 Å². The van der Waals surface area contributed by atoms with E-state index in [9.17, 15) is 56.2 Å². The lowest BCUT2D eigenvalue weighted by atomic mass is 9.93. The van der Waals surface area contributed by atoms with E-state index in [1.165, 1.54) is 45.0 Å². The van der Waals surface area contributed by atoms with Crippen LogP contribution in [0.5, 0.6) is 0 Å². The van der Waals surface area contributed by atoms with Crippen LogP contribution < -0.4 is 0 Å². The van der Waals surface area contributed by atoms with Gasteiger partial charge in [0.15, 0.2) is 6.10 Å². The summed E-state index contributed by atoms with van der Waals surface area (Å²) in [4.78, 5) is 80.4. The lowest BCUT2D eigenvalue weighted by Crippen LogP contribution is -2.34. The molecule has 0 radical (unpaired) electrons. The molecule has 6 fully saturated rings. The number of carbonyl (C=O) groups is 7. The Balaban J connectivity index is 0.000000232. The van der Waals surface area contributed by atoms with Gasteiger partial charge < -0.3 is 53.6 Å². The van der Waals surface area contributed by atoms with E-state index in [-0.39, 0.29) is 81.3 Å². The van der Waals surface area contributed by atoms with E-state index in [0.29, 0.717) is 165 Å². The third kappa shape index (κ3) is 27.5. The third-order valence-corrected chi connectivity index (χ3v) is 21.9. The van der Waals surface area contributed by atoms with Crippen molar-refractivity contribution >= 4 is 207 Å². The minimum absolute atomic E-state index is 0. The fourth-order valence-corrected chi connectivity index (χ4v) is 12.8. The zero-order valence-corrected chi connectivity index (χ0v) is 75.0. The number of epoxide rings is 2. The molecule has 2 saturated heterocycles. The number of hydrogen-bond acceptors (Lipinski definition) is 17. The number of esters is 5. The van der Waals surface area contributed by atoms with Crippen LogP contribution in [-0.4, -0.2) is 139 Å². The standard InChI is InChI=1S/C23H21Cl2FO6.C19H17Cl2FO4.C19H15Cl2FO3.C16H11Cl2FO2.C3H6O2.C2H3ClO.CH4.I2.HI/c1-13(27)30-11-17(12-31-14(2)28)32-22(29)23(7-8-23)16-4-5-18(21(26)10-16)15-3-6-19(24)20(25)9-15;20-15-4-1-11(7-16(15)21)14-3-2-12(8-17(14)22)19(5-6-19)18(25)26-13(9-23)10-24;20-15-4-1-11(7-16(15)21)14-3-2-12(8-17(14)22)19(5-6-19)18(23)25-10-13-9-24-13;17-12-4-1-9(7-13(12)18)11-3-2-10(8-14(11)19)16(5-6-16)15(20)21;4-1-3-2-5-3;1-2(3)4;;1-2;/h3-6,9-10,17H,7-8,11-12H2,1-2H3;1-4,7-8,13,23-24H,5-6,9-10H2;1-4,7-8,13H,5-6,9-10H2;1-4,7-8H,5-6H2,(H,20,21);3-4H,1-2H2;1H3;1H4;;1H. The fourth-order valence-electron chi connectivity index (χ4n) is 11.6. The number of hydrogen-bond donors (Lipinski definition) is 4. The Bertz CT molecular complexity index is 4850. The van der Waals surface area contributed by atoms with E-state index in [2.05, 4.69) is 53.6 Å². The monoisotopic (exact) mass is 2130 g/mol. The second-order valence-electron chi connectivity index (χ2n) is 27.1. The third-order valence-electron chi connectivity index (χ3n) is 18.9. The van der Waals surface area contributed by atoms with E-state index in [1.807, 2.05) is 0 Å². The molecule has 2 atom stereocenters. The summed E-state index contributed by atoms with van der Waals surface area (Å²) in [5, 5.41) is 38.0. The summed E-state index contributed by atoms with van der Waals surface area (Å²) in [5.74, 6) is -5.34. The number of halogens is 16. The predicted octanol–water partition coefficient (Wildman–Crippen LogP) is 21.5. The van der Waals surface area contributed by atoms with Crippen LogP contribution in [0.3, 0.4) is 0 Å². The molecule has 34 heteroatoms. The number of carbonyl (C=O) groups excluding carboxylic acids is 6. The zero-order valence-electron chi connectivity index (χ0n) is 61.6. The maximum Gasteiger partial charge on any atom is 0.317 e. The van der Waals surface area contributed by atoms with Gasteiger partial charge in [-0.15, -0.1) is 24.0 Å². The maximum atomic E-state index is 14.9. The molecule has 6 aliphatic rings. The summed E-state index contributed by atoms with van der Waals surface area (Å²) in [5.41, 5.74) is 2.44. The smallest absolute Gasteiger partial charge is 0.317 e. The number of aliphatic hydroxyl groups is 3. The van der Waals surface area contributed by atoms with Crippen molar-refractivity contribution in [1.29, 1.82) is 0 Å². The van der Waals surface area contributed by atoms with E-state index in [1.54, 1.807) is 121 Å². The molecule has 14 rings (SSSR count). The van der Waals surface area contributed by atoms with E-state index in [0.717, 1.165) is 6.61 Å². The van der Waals surface area contributed by atoms with Crippen molar-refractivity contribution in [2.24, 2.45) is 0 Å². The molecule has 4 saturated carbocycles. The molecule has 0 bridgehead atoms. The van der Waals surface area contributed by atoms with Crippen LogP contribution in [0.25, 0.3) is 44.5 Å². The first-order chi connectivity index (χ1) is 54.6. The number of aliphatic carboxylic acids is 1. The van der Waals surface area contributed by atoms with Crippen LogP contribution in [0.2, 0.25) is 40.2 Å². The van der Waals surface area contributed by atoms with Crippen LogP contribution >= 0.6 is 166 Å². The van der Waals surface area contributed by atoms with Crippen molar-refractivity contribution in [2.75, 3.05) is 52.9 Å². The summed E-state index contributed by atoms with van der Waals surface area (Å²) < 4.78 is 93.9. The molecule has 8 aromatic rings. The molecule has 0 aromatic heterocycles. The normalized spacial score (nSPS) is 16.1. The minimum atomic E-state index is -0.998. The molecule has 8 aromatic carbocycles. The Kier molecular flexibility index (Phi) is 39.1. The second kappa shape index (κ2) is 45.6. The molecule has 2 aliphatic heterocycles. The second-order valence-corrected chi connectivity index (χ2v) is 30.9. The maximum absolute atomic E-state index is 14.9. The van der Waals surface area contributed by atoms with Crippen molar-refractivity contribution < 1.29 is 105 Å². The predicted molar refractivity (Wildman–Crippen MR) is 470 cm³/mol. The van der Waals surface area contributed by atoms with E-state index >= 15 is 0 Å². The zero-order chi connectivity index (χ0) is 84.4. The molecular weight excluding hydrogens is 2060 g/mol. The average Bonchev–Trinajstić information content (AvgIpc) is 1.63. The Morgan fingerprint density at radius 2 is 0.684 bits per heavy atom. The number of carboxylic acid groups (broad SMARTS) is 1. The summed E-state index contributed by atoms with van der Waals surface area (Å²) in [6, 6.07) is 38.1. The van der Waals surface area contributed by atoms with Gasteiger partial charge in [-0.1, -0.05) is 173 Å². The first-order valence-electron chi connectivity index (χ1n) is 35.1. The van der Waals surface area contributed by atoms with Gasteiger partial charge in [-0.2, -0.15) is 0 Å². The molecule has 117 heavy (non-hydrogen) atoms. The summed E-state index contributed by atoms with van der Waals surface area (Å²) in [6.07, 6.45) is 2.73. The topological polar surface area (TPSA) is 272 Å². The minimum Gasteiger partial charge on any atom is -0.481 e. The summed E-state index contributed by atoms with van der Waals surface area (Å²) in [6.45, 7) is 4.13. The largest absolute Gasteiger partial charge is 0.481 e. The first-order valence-corrected chi connectivity index (χ1v) is 44.8. The van der Waals surface area contributed by atoms with Crippen LogP contribution in [-0.2, 0) is 88.4 Å². The van der Waals surface area contributed by atoms with E-state index in [4.69, 9.17) is 137 Å². The Morgan fingerprint density at radius 3 is 0.897 bits per heavy atom. The van der Waals surface area contributed by atoms with Crippen LogP contribution in [0.1, 0.15) is 102 Å². The lowest BCUT2D eigenvalue weighted by Gasteiger charge is -2.21. The molecule has 4 aliphatic carbocycles.